The Morgan fingerprint density at radius 2 is 0.562 bits per heavy atom. The van der Waals surface area contributed by atoms with Crippen LogP contribution in [0, 0.1) is 0 Å². The van der Waals surface area contributed by atoms with Crippen molar-refractivity contribution in [3.63, 3.8) is 0 Å². The van der Waals surface area contributed by atoms with Gasteiger partial charge >= 0.3 is 11.9 Å². The van der Waals surface area contributed by atoms with Crippen LogP contribution < -0.4 is 4.89 Å². The number of hydrogen-bond acceptors (Lipinski definition) is 8. The van der Waals surface area contributed by atoms with Crippen molar-refractivity contribution >= 4 is 19.8 Å². The summed E-state index contributed by atoms with van der Waals surface area (Å²) < 4.78 is 34.4. The zero-order chi connectivity index (χ0) is 69.7. The van der Waals surface area contributed by atoms with Crippen molar-refractivity contribution in [2.45, 2.75) is 315 Å². The molecule has 2 unspecified atom stereocenters. The molecule has 0 spiro atoms. The maximum absolute atomic E-state index is 12.9. The van der Waals surface area contributed by atoms with Gasteiger partial charge in [0.15, 0.2) is 6.10 Å². The van der Waals surface area contributed by atoms with Crippen molar-refractivity contribution in [1.29, 1.82) is 0 Å². The van der Waals surface area contributed by atoms with Gasteiger partial charge in [0.05, 0.1) is 27.7 Å². The number of phosphoric ester groups is 1. The van der Waals surface area contributed by atoms with E-state index in [1.807, 2.05) is 21.1 Å². The van der Waals surface area contributed by atoms with Gasteiger partial charge in [-0.05, 0) is 128 Å². The molecule has 0 rings (SSSR count). The SMILES string of the molecule is CC/C=C\C/C=C\C/C=C\C/C=C\C/C=C\C/C=C\C/C=C\C/C=C\CCCCCCCCCCC(=O)OC(COC(=O)CCCCCCCCCCCCCCCCCCCCCC/C=C\C/C=C\C/C=C\C/C=C\C/C=C\C/C=C\CC)COP(=O)([O-])OCC[N+](C)(C)C. The van der Waals surface area contributed by atoms with E-state index < -0.39 is 26.5 Å². The number of likely N-dealkylation sites (N-methyl/N-ethyl adjacent to an activating group) is 1. The summed E-state index contributed by atoms with van der Waals surface area (Å²) in [6, 6.07) is 0. The monoisotopic (exact) mass is 1350 g/mol. The number of esters is 2. The van der Waals surface area contributed by atoms with Crippen LogP contribution in [0.1, 0.15) is 309 Å². The summed E-state index contributed by atoms with van der Waals surface area (Å²) in [4.78, 5) is 38.2. The third-order valence-electron chi connectivity index (χ3n) is 16.2. The molecule has 0 radical (unpaired) electrons. The van der Waals surface area contributed by atoms with E-state index >= 15 is 0 Å². The molecule has 0 aliphatic carbocycles. The molecule has 0 fully saturated rings. The Morgan fingerprint density at radius 1 is 0.323 bits per heavy atom. The largest absolute Gasteiger partial charge is 0.756 e. The van der Waals surface area contributed by atoms with Gasteiger partial charge in [-0.2, -0.15) is 0 Å². The van der Waals surface area contributed by atoms with Gasteiger partial charge in [0.2, 0.25) is 0 Å². The molecular weight excluding hydrogens is 1210 g/mol. The fraction of sp³-hybridized carbons (Fsp3) is 0.651. The van der Waals surface area contributed by atoms with E-state index in [1.54, 1.807) is 0 Å². The maximum atomic E-state index is 12.9. The predicted octanol–water partition coefficient (Wildman–Crippen LogP) is 25.4. The summed E-state index contributed by atoms with van der Waals surface area (Å²) in [7, 11) is 1.15. The first-order chi connectivity index (χ1) is 47.0. The lowest BCUT2D eigenvalue weighted by atomic mass is 10.0. The van der Waals surface area contributed by atoms with Crippen molar-refractivity contribution in [1.82, 2.24) is 0 Å². The van der Waals surface area contributed by atoms with Crippen LogP contribution in [0.3, 0.4) is 0 Å². The number of carbonyl (C=O) groups excluding carboxylic acids is 2. The second kappa shape index (κ2) is 74.6. The molecular formula is C86H144NO8P. The molecule has 0 bridgehead atoms. The lowest BCUT2D eigenvalue weighted by Crippen LogP contribution is -2.37. The van der Waals surface area contributed by atoms with Gasteiger partial charge in [0.1, 0.15) is 19.8 Å². The van der Waals surface area contributed by atoms with Gasteiger partial charge in [-0.1, -0.05) is 338 Å². The van der Waals surface area contributed by atoms with E-state index in [0.717, 1.165) is 135 Å². The number of phosphoric acid groups is 1. The second-order valence-electron chi connectivity index (χ2n) is 26.6. The number of carbonyl (C=O) groups is 2. The van der Waals surface area contributed by atoms with E-state index in [-0.39, 0.29) is 32.0 Å². The van der Waals surface area contributed by atoms with Crippen LogP contribution >= 0.6 is 7.82 Å². The summed E-state index contributed by atoms with van der Waals surface area (Å²) in [5, 5.41) is 0. The Morgan fingerprint density at radius 3 is 0.833 bits per heavy atom. The van der Waals surface area contributed by atoms with E-state index in [0.29, 0.717) is 17.4 Å². The zero-order valence-electron chi connectivity index (χ0n) is 62.3. The molecule has 2 atom stereocenters. The molecule has 0 heterocycles. The molecule has 0 aliphatic rings. The first kappa shape index (κ1) is 91.4. The highest BCUT2D eigenvalue weighted by atomic mass is 31.2. The number of nitrogens with zero attached hydrogens (tertiary/aromatic N) is 1. The Bertz CT molecular complexity index is 2230. The van der Waals surface area contributed by atoms with E-state index in [2.05, 4.69) is 184 Å². The van der Waals surface area contributed by atoms with Crippen molar-refractivity contribution < 1.29 is 42.1 Å². The topological polar surface area (TPSA) is 111 Å². The smallest absolute Gasteiger partial charge is 0.306 e. The number of hydrogen-bond donors (Lipinski definition) is 0. The summed E-state index contributed by atoms with van der Waals surface area (Å²) in [6.45, 7) is 4.01. The van der Waals surface area contributed by atoms with Crippen LogP contribution in [0.5, 0.6) is 0 Å². The first-order valence-electron chi connectivity index (χ1n) is 38.8. The molecule has 0 N–H and O–H groups in total. The van der Waals surface area contributed by atoms with Gasteiger partial charge in [-0.15, -0.1) is 0 Å². The van der Waals surface area contributed by atoms with E-state index in [1.165, 1.54) is 141 Å². The van der Waals surface area contributed by atoms with Gasteiger partial charge in [-0.3, -0.25) is 14.2 Å². The van der Waals surface area contributed by atoms with Crippen molar-refractivity contribution in [2.75, 3.05) is 47.5 Å². The van der Waals surface area contributed by atoms with Crippen LogP contribution in [0.15, 0.2) is 170 Å². The van der Waals surface area contributed by atoms with Gasteiger partial charge in [0.25, 0.3) is 7.82 Å². The molecule has 96 heavy (non-hydrogen) atoms. The molecule has 0 aromatic rings. The molecule has 0 aromatic carbocycles. The molecule has 0 aromatic heterocycles. The fourth-order valence-corrected chi connectivity index (χ4v) is 11.1. The summed E-state index contributed by atoms with van der Waals surface area (Å²) in [5.41, 5.74) is 0. The van der Waals surface area contributed by atoms with E-state index in [4.69, 9.17) is 18.5 Å². The minimum absolute atomic E-state index is 0.0391. The van der Waals surface area contributed by atoms with Crippen LogP contribution in [-0.4, -0.2) is 70.0 Å². The van der Waals surface area contributed by atoms with Gasteiger partial charge in [0, 0.05) is 12.8 Å². The lowest BCUT2D eigenvalue weighted by Gasteiger charge is -2.28. The standard InChI is InChI=1S/C86H144NO8P/c1-6-8-10-12-14-16-18-20-22-24-26-28-30-32-34-36-38-40-41-42-43-44-45-47-48-50-52-54-56-58-60-62-64-66-68-70-72-74-76-78-85(88)92-82-84(83-94-96(90,91)93-81-80-87(3,4)5)95-86(89)79-77-75-73-71-69-67-65-63-61-59-57-55-53-51-49-46-39-37-35-33-31-29-27-25-23-21-19-17-15-13-11-9-7-2/h8-11,14-17,20-23,26-29,32-35,38-40,46,51,53,57,59,84H,6-7,12-13,18-19,24-25,30-31,36-37,41-45,47-50,52,54-56,58,60-83H2,1-5H3/b10-8-,11-9-,16-14-,17-15-,22-20-,23-21-,28-26-,29-27-,34-32-,35-33-,40-38-,46-39-,53-51-,59-57-. The third kappa shape index (κ3) is 78.4. The van der Waals surface area contributed by atoms with Crippen LogP contribution in [0.2, 0.25) is 0 Å². The predicted molar refractivity (Wildman–Crippen MR) is 415 cm³/mol. The van der Waals surface area contributed by atoms with Crippen molar-refractivity contribution in [3.8, 4) is 0 Å². The molecule has 10 heteroatoms. The minimum atomic E-state index is -4.66. The average Bonchev–Trinajstić information content (AvgIpc) is 1.48. The Hall–Kier alpha value is -4.63. The average molecular weight is 1350 g/mol. The minimum Gasteiger partial charge on any atom is -0.756 e. The maximum Gasteiger partial charge on any atom is 0.306 e. The quantitative estimate of drug-likeness (QED) is 0.0195. The third-order valence-corrected chi connectivity index (χ3v) is 17.2. The molecule has 546 valence electrons. The number of unbranched alkanes of at least 4 members (excludes halogenated alkanes) is 28. The highest BCUT2D eigenvalue weighted by molar-refractivity contribution is 7.45. The number of allylic oxidation sites excluding steroid dienone is 28. The van der Waals surface area contributed by atoms with E-state index in [9.17, 15) is 19.0 Å². The van der Waals surface area contributed by atoms with Crippen molar-refractivity contribution in [2.24, 2.45) is 0 Å². The number of ether oxygens (including phenoxy) is 2. The molecule has 0 amide bonds. The highest BCUT2D eigenvalue weighted by Crippen LogP contribution is 2.38. The fourth-order valence-electron chi connectivity index (χ4n) is 10.4. The molecule has 9 nitrogen and oxygen atoms in total. The zero-order valence-corrected chi connectivity index (χ0v) is 63.2. The molecule has 0 saturated heterocycles. The Labute approximate surface area is 591 Å². The van der Waals surface area contributed by atoms with Gasteiger partial charge in [-0.25, -0.2) is 0 Å². The summed E-state index contributed by atoms with van der Waals surface area (Å²) >= 11 is 0. The normalized spacial score (nSPS) is 14.0. The van der Waals surface area contributed by atoms with Crippen molar-refractivity contribution in [3.05, 3.63) is 170 Å². The summed E-state index contributed by atoms with van der Waals surface area (Å²) in [6.07, 6.45) is 113. The Kier molecular flexibility index (Phi) is 71.0. The number of quaternary nitrogens is 1. The molecule has 0 saturated carbocycles. The van der Waals surface area contributed by atoms with Crippen LogP contribution in [0.25, 0.3) is 0 Å². The summed E-state index contributed by atoms with van der Waals surface area (Å²) in [5.74, 6) is -0.843. The first-order valence-corrected chi connectivity index (χ1v) is 40.3. The highest BCUT2D eigenvalue weighted by Gasteiger charge is 2.22. The lowest BCUT2D eigenvalue weighted by molar-refractivity contribution is -0.870. The van der Waals surface area contributed by atoms with Crippen LogP contribution in [0.4, 0.5) is 0 Å². The van der Waals surface area contributed by atoms with Crippen LogP contribution in [-0.2, 0) is 32.7 Å². The van der Waals surface area contributed by atoms with Gasteiger partial charge < -0.3 is 27.9 Å². The second-order valence-corrected chi connectivity index (χ2v) is 28.0. The Balaban J connectivity index is 4.03. The molecule has 0 aliphatic heterocycles. The number of rotatable bonds is 70.